The molecule has 4 heterocycles. The molecule has 4 aromatic rings. The van der Waals surface area contributed by atoms with E-state index in [-0.39, 0.29) is 0 Å². The molecular weight excluding hydrogens is 396 g/mol. The molecule has 1 saturated heterocycles. The van der Waals surface area contributed by atoms with Crippen LogP contribution in [0.4, 0.5) is 0 Å². The highest BCUT2D eigenvalue weighted by Crippen LogP contribution is 2.30. The minimum atomic E-state index is 0.695. The zero-order valence-corrected chi connectivity index (χ0v) is 18.4. The summed E-state index contributed by atoms with van der Waals surface area (Å²) in [5.74, 6) is 1.45. The average Bonchev–Trinajstić information content (AvgIpc) is 3.45. The quantitative estimate of drug-likeness (QED) is 0.362. The van der Waals surface area contributed by atoms with Crippen LogP contribution < -0.4 is 5.32 Å². The van der Waals surface area contributed by atoms with Crippen LogP contribution in [0.2, 0.25) is 0 Å². The first-order chi connectivity index (χ1) is 15.7. The second-order valence-electron chi connectivity index (χ2n) is 8.36. The molecule has 1 aliphatic rings. The number of allylic oxidation sites excluding steroid dienone is 5. The zero-order valence-electron chi connectivity index (χ0n) is 18.4. The van der Waals surface area contributed by atoms with Gasteiger partial charge in [0.1, 0.15) is 5.69 Å². The number of pyridine rings is 1. The third kappa shape index (κ3) is 4.01. The lowest BCUT2D eigenvalue weighted by molar-refractivity contribution is 0.374. The number of H-pyrrole nitrogens is 2. The maximum Gasteiger partial charge on any atom is 0.178 e. The van der Waals surface area contributed by atoms with Gasteiger partial charge in [-0.15, -0.1) is 0 Å². The lowest BCUT2D eigenvalue weighted by Crippen LogP contribution is -2.27. The summed E-state index contributed by atoms with van der Waals surface area (Å²) in [5.41, 5.74) is 7.02. The van der Waals surface area contributed by atoms with Crippen LogP contribution >= 0.6 is 0 Å². The van der Waals surface area contributed by atoms with E-state index in [2.05, 4.69) is 74.3 Å². The van der Waals surface area contributed by atoms with Crippen LogP contribution in [0.25, 0.3) is 39.2 Å². The summed E-state index contributed by atoms with van der Waals surface area (Å²) in [5, 5.41) is 12.2. The lowest BCUT2D eigenvalue weighted by Gasteiger charge is -2.23. The lowest BCUT2D eigenvalue weighted by atomic mass is 9.89. The van der Waals surface area contributed by atoms with E-state index in [1.165, 1.54) is 24.0 Å². The van der Waals surface area contributed by atoms with Crippen molar-refractivity contribution in [2.24, 2.45) is 5.92 Å². The molecule has 1 aliphatic heterocycles. The summed E-state index contributed by atoms with van der Waals surface area (Å²) in [6, 6.07) is 10.3. The first-order valence-corrected chi connectivity index (χ1v) is 11.2. The summed E-state index contributed by atoms with van der Waals surface area (Å²) in [4.78, 5) is 12.3. The Hall–Kier alpha value is -3.51. The van der Waals surface area contributed by atoms with Gasteiger partial charge in [0.05, 0.1) is 11.0 Å². The highest BCUT2D eigenvalue weighted by Gasteiger charge is 2.16. The molecule has 6 heteroatoms. The number of hydrogen-bond acceptors (Lipinski definition) is 4. The fourth-order valence-electron chi connectivity index (χ4n) is 4.48. The van der Waals surface area contributed by atoms with Crippen LogP contribution in [0.3, 0.4) is 0 Å². The molecule has 0 aliphatic carbocycles. The molecule has 3 N–H and O–H groups in total. The van der Waals surface area contributed by atoms with Crippen molar-refractivity contribution < 1.29 is 0 Å². The number of fused-ring (bicyclic) bond motifs is 2. The number of piperidine rings is 1. The number of nitrogens with one attached hydrogen (secondary N) is 3. The van der Waals surface area contributed by atoms with Crippen LogP contribution in [-0.2, 0) is 0 Å². The molecule has 0 radical (unpaired) electrons. The fraction of sp³-hybridized carbons (Fsp3) is 0.269. The Bertz CT molecular complexity index is 1280. The van der Waals surface area contributed by atoms with E-state index >= 15 is 0 Å². The molecule has 0 saturated carbocycles. The van der Waals surface area contributed by atoms with E-state index in [1.807, 2.05) is 18.2 Å². The molecule has 3 aromatic heterocycles. The zero-order chi connectivity index (χ0) is 21.9. The van der Waals surface area contributed by atoms with E-state index in [0.717, 1.165) is 58.9 Å². The van der Waals surface area contributed by atoms with Gasteiger partial charge in [-0.2, -0.15) is 5.10 Å². The minimum absolute atomic E-state index is 0.695. The van der Waals surface area contributed by atoms with Gasteiger partial charge >= 0.3 is 0 Å². The van der Waals surface area contributed by atoms with Gasteiger partial charge in [0, 0.05) is 11.6 Å². The molecule has 0 bridgehead atoms. The van der Waals surface area contributed by atoms with E-state index < -0.39 is 0 Å². The number of rotatable bonds is 6. The highest BCUT2D eigenvalue weighted by molar-refractivity contribution is 5.95. The molecule has 32 heavy (non-hydrogen) atoms. The first-order valence-electron chi connectivity index (χ1n) is 11.2. The number of imidazole rings is 1. The highest BCUT2D eigenvalue weighted by atomic mass is 15.1. The molecule has 0 atom stereocenters. The summed E-state index contributed by atoms with van der Waals surface area (Å²) in [7, 11) is 0. The molecule has 162 valence electrons. The molecule has 5 rings (SSSR count). The second-order valence-corrected chi connectivity index (χ2v) is 8.36. The first kappa shape index (κ1) is 20.4. The summed E-state index contributed by atoms with van der Waals surface area (Å²) < 4.78 is 0. The van der Waals surface area contributed by atoms with Gasteiger partial charge in [0.25, 0.3) is 0 Å². The normalized spacial score (nSPS) is 16.2. The third-order valence-electron chi connectivity index (χ3n) is 6.28. The minimum Gasteiger partial charge on any atom is -0.335 e. The Morgan fingerprint density at radius 2 is 2.06 bits per heavy atom. The molecule has 0 unspecified atom stereocenters. The number of hydrogen-bond donors (Lipinski definition) is 3. The van der Waals surface area contributed by atoms with Crippen molar-refractivity contribution in [2.45, 2.75) is 26.2 Å². The smallest absolute Gasteiger partial charge is 0.178 e. The Balaban J connectivity index is 1.49. The third-order valence-corrected chi connectivity index (χ3v) is 6.28. The Morgan fingerprint density at radius 3 is 2.84 bits per heavy atom. The van der Waals surface area contributed by atoms with Crippen molar-refractivity contribution in [3.63, 3.8) is 0 Å². The van der Waals surface area contributed by atoms with Crippen LogP contribution in [-0.4, -0.2) is 38.2 Å². The van der Waals surface area contributed by atoms with Gasteiger partial charge in [-0.1, -0.05) is 30.9 Å². The van der Waals surface area contributed by atoms with E-state index in [4.69, 9.17) is 0 Å². The number of benzene rings is 1. The molecule has 0 amide bonds. The average molecular weight is 425 g/mol. The van der Waals surface area contributed by atoms with Gasteiger partial charge in [0.2, 0.25) is 0 Å². The molecule has 6 nitrogen and oxygen atoms in total. The Kier molecular flexibility index (Phi) is 5.69. The number of aromatic amines is 2. The van der Waals surface area contributed by atoms with Gasteiger partial charge in [-0.3, -0.25) is 5.10 Å². The van der Waals surface area contributed by atoms with Crippen molar-refractivity contribution in [2.75, 3.05) is 13.1 Å². The van der Waals surface area contributed by atoms with Crippen molar-refractivity contribution in [3.05, 3.63) is 72.5 Å². The molecule has 1 fully saturated rings. The fourth-order valence-corrected chi connectivity index (χ4v) is 4.48. The van der Waals surface area contributed by atoms with Crippen LogP contribution in [0.5, 0.6) is 0 Å². The van der Waals surface area contributed by atoms with Gasteiger partial charge in [-0.25, -0.2) is 9.97 Å². The monoisotopic (exact) mass is 424 g/mol. The number of nitrogens with zero attached hydrogens (tertiary/aromatic N) is 3. The second kappa shape index (κ2) is 8.93. The molecule has 0 spiro atoms. The van der Waals surface area contributed by atoms with Crippen LogP contribution in [0, 0.1) is 5.92 Å². The van der Waals surface area contributed by atoms with Crippen LogP contribution in [0.1, 0.15) is 31.7 Å². The van der Waals surface area contributed by atoms with Gasteiger partial charge in [0.15, 0.2) is 11.5 Å². The molecule has 1 aromatic carbocycles. The maximum absolute atomic E-state index is 4.63. The Labute approximate surface area is 187 Å². The van der Waals surface area contributed by atoms with Crippen molar-refractivity contribution in [3.8, 4) is 11.5 Å². The van der Waals surface area contributed by atoms with E-state index in [1.54, 1.807) is 6.20 Å². The Morgan fingerprint density at radius 1 is 1.19 bits per heavy atom. The summed E-state index contributed by atoms with van der Waals surface area (Å²) >= 11 is 0. The maximum atomic E-state index is 4.63. The number of aromatic nitrogens is 5. The van der Waals surface area contributed by atoms with Crippen LogP contribution in [0.15, 0.2) is 66.9 Å². The van der Waals surface area contributed by atoms with E-state index in [9.17, 15) is 0 Å². The summed E-state index contributed by atoms with van der Waals surface area (Å²) in [6.45, 7) is 8.39. The SMILES string of the molecule is C=C/C(=C\C(=C/C)c1ccc2[nH]nc(-c3nc4ncccc4[nH]3)c2c1)CC1CCNCC1. The predicted molar refractivity (Wildman–Crippen MR) is 131 cm³/mol. The van der Waals surface area contributed by atoms with Gasteiger partial charge in [-0.05, 0) is 86.2 Å². The largest absolute Gasteiger partial charge is 0.335 e. The molecular formula is C26H28N6. The van der Waals surface area contributed by atoms with Gasteiger partial charge < -0.3 is 10.3 Å². The van der Waals surface area contributed by atoms with Crippen molar-refractivity contribution >= 4 is 27.6 Å². The summed E-state index contributed by atoms with van der Waals surface area (Å²) in [6.07, 6.45) is 11.7. The standard InChI is InChI=1S/C26H28N6/c1-3-17(14-18-9-12-27-13-10-18)15-19(4-2)20-7-8-22-21(16-20)24(32-31-22)26-29-23-6-5-11-28-25(23)30-26/h3-8,11,15-16,18,27H,1,9-10,12-14H2,2H3,(H,31,32)(H,28,29,30)/b17-15+,19-4+. The van der Waals surface area contributed by atoms with E-state index in [0.29, 0.717) is 5.65 Å². The van der Waals surface area contributed by atoms with Crippen molar-refractivity contribution in [1.82, 2.24) is 30.5 Å². The predicted octanol–water partition coefficient (Wildman–Crippen LogP) is 5.41. The topological polar surface area (TPSA) is 82.3 Å². The van der Waals surface area contributed by atoms with Crippen molar-refractivity contribution in [1.29, 1.82) is 0 Å².